The first-order valence-electron chi connectivity index (χ1n) is 6.77. The zero-order chi connectivity index (χ0) is 15.0. The fraction of sp³-hybridized carbons (Fsp3) is 0.571. The van der Waals surface area contributed by atoms with E-state index in [1.54, 1.807) is 11.4 Å². The van der Waals surface area contributed by atoms with Crippen LogP contribution in [0.25, 0.3) is 0 Å². The third-order valence-electron chi connectivity index (χ3n) is 3.12. The van der Waals surface area contributed by atoms with Crippen molar-refractivity contribution in [2.45, 2.75) is 39.0 Å². The second-order valence-corrected chi connectivity index (χ2v) is 6.05. The number of thiophene rings is 1. The molecule has 4 nitrogen and oxygen atoms in total. The van der Waals surface area contributed by atoms with Crippen molar-refractivity contribution in [2.24, 2.45) is 5.92 Å². The summed E-state index contributed by atoms with van der Waals surface area (Å²) in [6, 6.07) is 1.70. The van der Waals surface area contributed by atoms with Crippen LogP contribution in [0.15, 0.2) is 11.4 Å². The van der Waals surface area contributed by atoms with Crippen LogP contribution in [0.4, 0.5) is 0 Å². The first kappa shape index (κ1) is 17.0. The van der Waals surface area contributed by atoms with E-state index in [4.69, 9.17) is 16.7 Å². The maximum atomic E-state index is 11.9. The molecule has 0 saturated carbocycles. The van der Waals surface area contributed by atoms with E-state index in [-0.39, 0.29) is 12.3 Å². The number of carbonyl (C=O) groups is 2. The lowest BCUT2D eigenvalue weighted by Crippen LogP contribution is -2.25. The van der Waals surface area contributed by atoms with Gasteiger partial charge in [-0.2, -0.15) is 0 Å². The third-order valence-corrected chi connectivity index (χ3v) is 4.47. The minimum atomic E-state index is -0.763. The van der Waals surface area contributed by atoms with Gasteiger partial charge in [0.05, 0.1) is 5.02 Å². The number of carboxylic acids is 1. The van der Waals surface area contributed by atoms with Crippen LogP contribution in [-0.2, 0) is 4.79 Å². The molecule has 0 radical (unpaired) electrons. The van der Waals surface area contributed by atoms with E-state index in [2.05, 4.69) is 12.2 Å². The van der Waals surface area contributed by atoms with Gasteiger partial charge in [-0.1, -0.05) is 31.4 Å². The van der Waals surface area contributed by atoms with Crippen LogP contribution in [0.3, 0.4) is 0 Å². The van der Waals surface area contributed by atoms with Crippen LogP contribution in [0, 0.1) is 5.92 Å². The first-order valence-corrected chi connectivity index (χ1v) is 8.03. The van der Waals surface area contributed by atoms with Gasteiger partial charge in [-0.05, 0) is 30.2 Å². The van der Waals surface area contributed by atoms with E-state index >= 15 is 0 Å². The van der Waals surface area contributed by atoms with Crippen LogP contribution < -0.4 is 5.32 Å². The van der Waals surface area contributed by atoms with Gasteiger partial charge in [0, 0.05) is 13.0 Å². The number of hydrogen-bond acceptors (Lipinski definition) is 3. The van der Waals surface area contributed by atoms with E-state index in [1.165, 1.54) is 11.3 Å². The predicted molar refractivity (Wildman–Crippen MR) is 81.5 cm³/mol. The minimum absolute atomic E-state index is 0.154. The van der Waals surface area contributed by atoms with Crippen LogP contribution in [0.1, 0.15) is 48.7 Å². The zero-order valence-corrected chi connectivity index (χ0v) is 13.1. The molecule has 2 N–H and O–H groups in total. The number of amides is 1. The monoisotopic (exact) mass is 317 g/mol. The number of aliphatic carboxylic acids is 1. The molecule has 0 aliphatic heterocycles. The number of halogens is 1. The van der Waals surface area contributed by atoms with Crippen LogP contribution in [0.5, 0.6) is 0 Å². The molecule has 0 saturated heterocycles. The molecular weight excluding hydrogens is 298 g/mol. The molecule has 112 valence electrons. The Kier molecular flexibility index (Phi) is 7.62. The van der Waals surface area contributed by atoms with Gasteiger partial charge in [0.15, 0.2) is 0 Å². The Bertz CT molecular complexity index is 447. The average molecular weight is 318 g/mol. The van der Waals surface area contributed by atoms with Gasteiger partial charge in [-0.3, -0.25) is 9.59 Å². The molecule has 0 aromatic carbocycles. The molecule has 1 rings (SSSR count). The normalized spacial score (nSPS) is 12.1. The van der Waals surface area contributed by atoms with Gasteiger partial charge in [-0.25, -0.2) is 0 Å². The van der Waals surface area contributed by atoms with Crippen LogP contribution in [-0.4, -0.2) is 23.5 Å². The van der Waals surface area contributed by atoms with Gasteiger partial charge >= 0.3 is 5.97 Å². The molecule has 1 unspecified atom stereocenters. The molecule has 1 atom stereocenters. The lowest BCUT2D eigenvalue weighted by Gasteiger charge is -2.15. The summed E-state index contributed by atoms with van der Waals surface area (Å²) in [5.41, 5.74) is 0. The molecular formula is C14H20ClNO3S. The summed E-state index contributed by atoms with van der Waals surface area (Å²) in [4.78, 5) is 23.0. The fourth-order valence-corrected chi connectivity index (χ4v) is 3.15. The number of carbonyl (C=O) groups excluding carboxylic acids is 1. The zero-order valence-electron chi connectivity index (χ0n) is 11.5. The fourth-order valence-electron chi connectivity index (χ4n) is 2.09. The second-order valence-electron chi connectivity index (χ2n) is 4.73. The van der Waals surface area contributed by atoms with Crippen molar-refractivity contribution in [1.82, 2.24) is 5.32 Å². The molecule has 1 heterocycles. The van der Waals surface area contributed by atoms with Gasteiger partial charge < -0.3 is 10.4 Å². The summed E-state index contributed by atoms with van der Waals surface area (Å²) >= 11 is 7.21. The number of hydrogen-bond donors (Lipinski definition) is 2. The highest BCUT2D eigenvalue weighted by atomic mass is 35.5. The van der Waals surface area contributed by atoms with E-state index < -0.39 is 5.97 Å². The Morgan fingerprint density at radius 2 is 2.15 bits per heavy atom. The topological polar surface area (TPSA) is 66.4 Å². The molecule has 0 bridgehead atoms. The van der Waals surface area contributed by atoms with Crippen LogP contribution in [0.2, 0.25) is 5.02 Å². The van der Waals surface area contributed by atoms with Crippen molar-refractivity contribution in [3.8, 4) is 0 Å². The third kappa shape index (κ3) is 5.92. The first-order chi connectivity index (χ1) is 9.54. The highest BCUT2D eigenvalue weighted by molar-refractivity contribution is 7.12. The standard InChI is InChI=1S/C14H20ClNO3S/c1-2-3-10(4-5-12(17)18)6-8-16-14(19)13-11(15)7-9-20-13/h7,9-10H,2-6,8H2,1H3,(H,16,19)(H,17,18). The van der Waals surface area contributed by atoms with E-state index in [9.17, 15) is 9.59 Å². The predicted octanol–water partition coefficient (Wildman–Crippen LogP) is 3.80. The van der Waals surface area contributed by atoms with Crippen LogP contribution >= 0.6 is 22.9 Å². The summed E-state index contributed by atoms with van der Waals surface area (Å²) in [6.45, 7) is 2.63. The molecule has 0 spiro atoms. The molecule has 1 amide bonds. The van der Waals surface area contributed by atoms with Gasteiger partial charge in [0.1, 0.15) is 4.88 Å². The largest absolute Gasteiger partial charge is 0.481 e. The quantitative estimate of drug-likeness (QED) is 0.728. The van der Waals surface area contributed by atoms with Crippen molar-refractivity contribution in [1.29, 1.82) is 0 Å². The second kappa shape index (κ2) is 8.97. The van der Waals surface area contributed by atoms with Crippen molar-refractivity contribution < 1.29 is 14.7 Å². The Morgan fingerprint density at radius 3 is 2.70 bits per heavy atom. The molecule has 1 aromatic heterocycles. The molecule has 1 aromatic rings. The van der Waals surface area contributed by atoms with Gasteiger partial charge in [0.25, 0.3) is 5.91 Å². The van der Waals surface area contributed by atoms with E-state index in [0.717, 1.165) is 19.3 Å². The highest BCUT2D eigenvalue weighted by Gasteiger charge is 2.13. The Labute approximate surface area is 128 Å². The number of nitrogens with one attached hydrogen (secondary N) is 1. The average Bonchev–Trinajstić information content (AvgIpc) is 2.82. The number of carboxylic acid groups (broad SMARTS) is 1. The van der Waals surface area contributed by atoms with Gasteiger partial charge in [-0.15, -0.1) is 11.3 Å². The molecule has 6 heteroatoms. The van der Waals surface area contributed by atoms with Crippen molar-refractivity contribution in [2.75, 3.05) is 6.54 Å². The summed E-state index contributed by atoms with van der Waals surface area (Å²) < 4.78 is 0. The number of rotatable bonds is 9. The van der Waals surface area contributed by atoms with Crippen molar-refractivity contribution in [3.63, 3.8) is 0 Å². The lowest BCUT2D eigenvalue weighted by atomic mass is 9.94. The van der Waals surface area contributed by atoms with Crippen molar-refractivity contribution in [3.05, 3.63) is 21.3 Å². The summed E-state index contributed by atoms with van der Waals surface area (Å²) in [5.74, 6) is -0.575. The van der Waals surface area contributed by atoms with Crippen molar-refractivity contribution >= 4 is 34.8 Å². The van der Waals surface area contributed by atoms with E-state index in [0.29, 0.717) is 28.8 Å². The maximum absolute atomic E-state index is 11.9. The van der Waals surface area contributed by atoms with Gasteiger partial charge in [0.2, 0.25) is 0 Å². The SMILES string of the molecule is CCCC(CCNC(=O)c1sccc1Cl)CCC(=O)O. The maximum Gasteiger partial charge on any atom is 0.303 e. The Balaban J connectivity index is 2.34. The summed E-state index contributed by atoms with van der Waals surface area (Å²) in [7, 11) is 0. The molecule has 20 heavy (non-hydrogen) atoms. The molecule has 0 aliphatic rings. The Hall–Kier alpha value is -1.07. The molecule has 0 aliphatic carbocycles. The highest BCUT2D eigenvalue weighted by Crippen LogP contribution is 2.22. The lowest BCUT2D eigenvalue weighted by molar-refractivity contribution is -0.137. The molecule has 0 fully saturated rings. The minimum Gasteiger partial charge on any atom is -0.481 e. The Morgan fingerprint density at radius 1 is 1.40 bits per heavy atom. The summed E-state index contributed by atoms with van der Waals surface area (Å²) in [6.07, 6.45) is 3.67. The van der Waals surface area contributed by atoms with E-state index in [1.807, 2.05) is 0 Å². The smallest absolute Gasteiger partial charge is 0.303 e. The summed E-state index contributed by atoms with van der Waals surface area (Å²) in [5, 5.41) is 13.8.